The van der Waals surface area contributed by atoms with Crippen LogP contribution >= 0.6 is 11.3 Å². The van der Waals surface area contributed by atoms with E-state index in [0.717, 1.165) is 74.0 Å². The Hall–Kier alpha value is -2.86. The van der Waals surface area contributed by atoms with Crippen molar-refractivity contribution < 1.29 is 37.2 Å². The van der Waals surface area contributed by atoms with Gasteiger partial charge in [-0.1, -0.05) is 65.5 Å². The molecule has 0 aliphatic rings. The Morgan fingerprint density at radius 3 is 2.39 bits per heavy atom. The Kier molecular flexibility index (Phi) is 11.4. The number of carbonyl (C=O) groups excluding carboxylic acids is 1. The minimum atomic E-state index is -1.43. The van der Waals surface area contributed by atoms with Crippen molar-refractivity contribution >= 4 is 49.3 Å². The number of ketones is 1. The molecule has 0 aliphatic carbocycles. The molecule has 1 aromatic carbocycles. The average Bonchev–Trinajstić information content (AvgIpc) is 3.59. The van der Waals surface area contributed by atoms with Gasteiger partial charge in [-0.25, -0.2) is 4.98 Å². The Bertz CT molecular complexity index is 1830. The third-order valence-electron chi connectivity index (χ3n) is 7.68. The SMILES string of the molecule is CCC(CC)C(=O)/C=C(\O)C(CC)CC.[2H]C([2H])(c1cc2cc(-c3[c-]ccc4c3oc3nc(C)ccc34)ncc2s1)C(C)(C)C.[Ir]. The van der Waals surface area contributed by atoms with Crippen LogP contribution in [0.5, 0.6) is 0 Å². The molecule has 0 amide bonds. The van der Waals surface area contributed by atoms with Crippen molar-refractivity contribution in [3.63, 3.8) is 0 Å². The normalized spacial score (nSPS) is 13.2. The number of nitrogens with zero attached hydrogens (tertiary/aromatic N) is 2. The van der Waals surface area contributed by atoms with Crippen molar-refractivity contribution in [3.8, 4) is 11.3 Å². The van der Waals surface area contributed by atoms with Gasteiger partial charge in [-0.15, -0.1) is 29.5 Å². The summed E-state index contributed by atoms with van der Waals surface area (Å²) in [5.41, 5.74) is 3.29. The number of hydrogen-bond acceptors (Lipinski definition) is 6. The second-order valence-corrected chi connectivity index (χ2v) is 13.2. The minimum Gasteiger partial charge on any atom is -0.512 e. The molecule has 0 fully saturated rings. The summed E-state index contributed by atoms with van der Waals surface area (Å²) in [7, 11) is 0. The summed E-state index contributed by atoms with van der Waals surface area (Å²) in [6.45, 7) is 15.8. The smallest absolute Gasteiger partial charge is 0.216 e. The molecule has 0 unspecified atom stereocenters. The van der Waals surface area contributed by atoms with Gasteiger partial charge in [0.25, 0.3) is 0 Å². The van der Waals surface area contributed by atoms with Crippen molar-refractivity contribution in [2.75, 3.05) is 0 Å². The van der Waals surface area contributed by atoms with Gasteiger partial charge in [-0.2, -0.15) is 0 Å². The van der Waals surface area contributed by atoms with Crippen molar-refractivity contribution in [3.05, 3.63) is 71.1 Å². The number of allylic oxidation sites excluding steroid dienone is 2. The molecule has 4 heterocycles. The van der Waals surface area contributed by atoms with Gasteiger partial charge in [0.05, 0.1) is 16.0 Å². The fraction of sp³-hybridized carbons (Fsp3) is 0.432. The monoisotopic (exact) mass is 792 g/mol. The fourth-order valence-electron chi connectivity index (χ4n) is 5.20. The first-order chi connectivity index (χ1) is 21.2. The van der Waals surface area contributed by atoms with E-state index in [4.69, 9.17) is 7.16 Å². The molecule has 0 atom stereocenters. The summed E-state index contributed by atoms with van der Waals surface area (Å²) in [6, 6.07) is 15.1. The van der Waals surface area contributed by atoms with Crippen LogP contribution in [0.25, 0.3) is 43.4 Å². The van der Waals surface area contributed by atoms with Crippen LogP contribution in [0.2, 0.25) is 0 Å². The molecule has 5 aromatic rings. The predicted octanol–water partition coefficient (Wildman–Crippen LogP) is 10.8. The Morgan fingerprint density at radius 1 is 1.07 bits per heavy atom. The van der Waals surface area contributed by atoms with E-state index in [9.17, 15) is 9.90 Å². The van der Waals surface area contributed by atoms with Crippen LogP contribution in [0.15, 0.2) is 58.8 Å². The standard InChI is InChI=1S/C24H21N2OS.C13H24O2.Ir/c1-14-8-9-18-17-6-5-7-19(22(17)27-23(18)26-14)20-11-15-10-16(12-24(2,3)4)28-21(15)13-25-20;1-5-10(6-2)12(14)9-13(15)11(7-3)8-4;/h5-6,8-11,13H,12H2,1-4H3;9-11,14H,5-8H2,1-4H3;/q-1;;/b;12-9-;/i12D2;;. The largest absolute Gasteiger partial charge is 0.512 e. The maximum Gasteiger partial charge on any atom is 0.216 e. The number of benzene rings is 1. The zero-order valence-corrected chi connectivity index (χ0v) is 30.2. The molecule has 0 bridgehead atoms. The number of carbonyl (C=O) groups is 1. The topological polar surface area (TPSA) is 76.2 Å². The molecule has 0 saturated heterocycles. The molecular formula is C37H45IrN2O3S-. The van der Waals surface area contributed by atoms with Gasteiger partial charge < -0.3 is 14.5 Å². The first kappa shape index (κ1) is 32.5. The number of thiophene rings is 1. The molecule has 4 aromatic heterocycles. The summed E-state index contributed by atoms with van der Waals surface area (Å²) in [6.07, 6.45) is 5.30. The van der Waals surface area contributed by atoms with Crippen LogP contribution in [-0.4, -0.2) is 20.9 Å². The summed E-state index contributed by atoms with van der Waals surface area (Å²) in [4.78, 5) is 21.6. The molecule has 1 radical (unpaired) electrons. The van der Waals surface area contributed by atoms with Crippen LogP contribution in [0.4, 0.5) is 0 Å². The minimum absolute atomic E-state index is 0. The van der Waals surface area contributed by atoms with Crippen LogP contribution in [-0.2, 0) is 31.3 Å². The third kappa shape index (κ3) is 8.44. The molecule has 44 heavy (non-hydrogen) atoms. The number of fused-ring (bicyclic) bond motifs is 4. The number of aromatic nitrogens is 2. The molecule has 5 rings (SSSR count). The van der Waals surface area contributed by atoms with Gasteiger partial charge in [0.2, 0.25) is 5.71 Å². The van der Waals surface area contributed by atoms with Crippen LogP contribution in [0.3, 0.4) is 0 Å². The van der Waals surface area contributed by atoms with Gasteiger partial charge in [0, 0.05) is 62.9 Å². The number of rotatable bonds is 9. The first-order valence-electron chi connectivity index (χ1n) is 16.3. The molecule has 0 saturated carbocycles. The molecule has 7 heteroatoms. The van der Waals surface area contributed by atoms with E-state index >= 15 is 0 Å². The number of furan rings is 1. The van der Waals surface area contributed by atoms with E-state index < -0.39 is 11.8 Å². The van der Waals surface area contributed by atoms with E-state index in [1.54, 1.807) is 0 Å². The van der Waals surface area contributed by atoms with Gasteiger partial charge in [-0.3, -0.25) is 4.79 Å². The van der Waals surface area contributed by atoms with Crippen molar-refractivity contribution in [2.45, 2.75) is 87.4 Å². The molecule has 5 nitrogen and oxygen atoms in total. The van der Waals surface area contributed by atoms with Gasteiger partial charge in [0.15, 0.2) is 5.78 Å². The molecule has 0 spiro atoms. The predicted molar refractivity (Wildman–Crippen MR) is 181 cm³/mol. The first-order valence-corrected chi connectivity index (χ1v) is 16.1. The number of hydrogen-bond donors (Lipinski definition) is 1. The fourth-order valence-corrected chi connectivity index (χ4v) is 6.32. The molecular weight excluding hydrogens is 745 g/mol. The van der Waals surface area contributed by atoms with Crippen molar-refractivity contribution in [2.24, 2.45) is 17.3 Å². The zero-order valence-electron chi connectivity index (χ0n) is 29.0. The summed E-state index contributed by atoms with van der Waals surface area (Å²) in [5, 5.41) is 12.7. The van der Waals surface area contributed by atoms with Crippen LogP contribution in [0, 0.1) is 30.2 Å². The Labute approximate surface area is 282 Å². The number of aryl methyl sites for hydroxylation is 1. The molecule has 237 valence electrons. The third-order valence-corrected chi connectivity index (χ3v) is 8.68. The van der Waals surface area contributed by atoms with E-state index in [1.807, 2.05) is 98.0 Å². The second kappa shape index (κ2) is 15.4. The molecule has 0 aliphatic heterocycles. The molecule has 1 N–H and O–H groups in total. The van der Waals surface area contributed by atoms with E-state index in [2.05, 4.69) is 16.0 Å². The maximum atomic E-state index is 11.7. The number of aliphatic hydroxyl groups is 1. The van der Waals surface area contributed by atoms with Crippen molar-refractivity contribution in [1.29, 1.82) is 0 Å². The van der Waals surface area contributed by atoms with E-state index in [0.29, 0.717) is 5.71 Å². The van der Waals surface area contributed by atoms with E-state index in [1.165, 1.54) is 17.4 Å². The van der Waals surface area contributed by atoms with Gasteiger partial charge in [-0.05, 0) is 73.7 Å². The number of aliphatic hydroxyl groups excluding tert-OH is 1. The second-order valence-electron chi connectivity index (χ2n) is 12.1. The summed E-state index contributed by atoms with van der Waals surface area (Å²) >= 11 is 1.46. The van der Waals surface area contributed by atoms with E-state index in [-0.39, 0.29) is 43.5 Å². The summed E-state index contributed by atoms with van der Waals surface area (Å²) < 4.78 is 24.2. The quantitative estimate of drug-likeness (QED) is 0.0914. The van der Waals surface area contributed by atoms with Gasteiger partial charge in [0.1, 0.15) is 0 Å². The van der Waals surface area contributed by atoms with Gasteiger partial charge >= 0.3 is 0 Å². The van der Waals surface area contributed by atoms with Crippen LogP contribution in [0.1, 0.15) is 87.5 Å². The zero-order chi connectivity index (χ0) is 33.1. The average molecular weight is 792 g/mol. The maximum absolute atomic E-state index is 11.7. The Morgan fingerprint density at radius 2 is 1.75 bits per heavy atom. The Balaban J connectivity index is 0.000000309. The summed E-state index contributed by atoms with van der Waals surface area (Å²) in [5.74, 6) is 0.547. The number of pyridine rings is 2. The van der Waals surface area contributed by atoms with Crippen LogP contribution < -0.4 is 0 Å². The van der Waals surface area contributed by atoms with Crippen molar-refractivity contribution in [1.82, 2.24) is 9.97 Å².